The minimum absolute atomic E-state index is 0.00495. The largest absolute Gasteiger partial charge is 0.478 e. The van der Waals surface area contributed by atoms with Gasteiger partial charge in [0, 0.05) is 30.2 Å². The zero-order chi connectivity index (χ0) is 36.7. The molecule has 5 aromatic rings. The van der Waals surface area contributed by atoms with Crippen molar-refractivity contribution in [3.63, 3.8) is 0 Å². The Bertz CT molecular complexity index is 2360. The highest BCUT2D eigenvalue weighted by Gasteiger charge is 2.40. The summed E-state index contributed by atoms with van der Waals surface area (Å²) in [5, 5.41) is 0.0235. The van der Waals surface area contributed by atoms with Gasteiger partial charge in [-0.1, -0.05) is 78.4 Å². The van der Waals surface area contributed by atoms with E-state index in [0.717, 1.165) is 11.1 Å². The highest BCUT2D eigenvalue weighted by molar-refractivity contribution is 6.15. The summed E-state index contributed by atoms with van der Waals surface area (Å²) in [6.45, 7) is 1.59. The first-order chi connectivity index (χ1) is 25.0. The Morgan fingerprint density at radius 3 is 2.27 bits per heavy atom. The predicted octanol–water partition coefficient (Wildman–Crippen LogP) is 10.0. The van der Waals surface area contributed by atoms with Crippen molar-refractivity contribution in [2.75, 3.05) is 0 Å². The Hall–Kier alpha value is -6.17. The summed E-state index contributed by atoms with van der Waals surface area (Å²) in [4.78, 5) is 34.2. The van der Waals surface area contributed by atoms with E-state index in [1.807, 2.05) is 61.5 Å². The molecule has 1 aliphatic carbocycles. The molecule has 0 spiro atoms. The van der Waals surface area contributed by atoms with Crippen LogP contribution in [-0.2, 0) is 17.8 Å². The molecule has 1 unspecified atom stereocenters. The van der Waals surface area contributed by atoms with Gasteiger partial charge in [-0.15, -0.1) is 0 Å². The number of esters is 1. The fourth-order valence-electron chi connectivity index (χ4n) is 6.29. The Morgan fingerprint density at radius 1 is 0.827 bits per heavy atom. The summed E-state index contributed by atoms with van der Waals surface area (Å²) in [6.07, 6.45) is -0.953. The molecule has 0 saturated heterocycles. The zero-order valence-electron chi connectivity index (χ0n) is 27.2. The first-order valence-electron chi connectivity index (χ1n) is 16.0. The molecule has 1 aliphatic heterocycles. The summed E-state index contributed by atoms with van der Waals surface area (Å²) in [6, 6.07) is 24.9. The van der Waals surface area contributed by atoms with Crippen LogP contribution in [0.3, 0.4) is 0 Å². The molecule has 1 atom stereocenters. The van der Waals surface area contributed by atoms with Crippen molar-refractivity contribution in [1.29, 1.82) is 0 Å². The number of aryl methyl sites for hydroxylation is 1. The van der Waals surface area contributed by atoms with Gasteiger partial charge < -0.3 is 14.4 Å². The van der Waals surface area contributed by atoms with Crippen molar-refractivity contribution in [1.82, 2.24) is 9.88 Å². The number of benzene rings is 4. The number of amides is 1. The summed E-state index contributed by atoms with van der Waals surface area (Å²) in [5.74, 6) is -14.9. The number of allylic oxidation sites excluding steroid dienone is 5. The number of nitrogens with zero attached hydrogens (tertiary/aromatic N) is 2. The second-order valence-corrected chi connectivity index (χ2v) is 12.2. The highest BCUT2D eigenvalue weighted by atomic mass is 19.2. The van der Waals surface area contributed by atoms with Crippen LogP contribution in [0, 0.1) is 12.7 Å². The van der Waals surface area contributed by atoms with E-state index < -0.39 is 70.7 Å². The summed E-state index contributed by atoms with van der Waals surface area (Å²) < 4.78 is 98.2. The molecular weight excluding hydrogens is 686 g/mol. The van der Waals surface area contributed by atoms with Crippen LogP contribution >= 0.6 is 0 Å². The molecule has 0 bridgehead atoms. The molecule has 2 heterocycles. The van der Waals surface area contributed by atoms with E-state index in [9.17, 15) is 35.9 Å². The molecular formula is C40H26F6N2O4. The first-order valence-corrected chi connectivity index (χ1v) is 16.0. The molecule has 0 saturated carbocycles. The zero-order valence-corrected chi connectivity index (χ0v) is 27.2. The van der Waals surface area contributed by atoms with Gasteiger partial charge in [-0.3, -0.25) is 9.78 Å². The van der Waals surface area contributed by atoms with Crippen LogP contribution in [0.4, 0.5) is 26.3 Å². The van der Waals surface area contributed by atoms with Gasteiger partial charge in [0.25, 0.3) is 5.91 Å². The SMILES string of the molecule is Cc1cccc(C(Oc2c3c(c(C(=O)OC4=C(F)C(F)=C(F)CC(F)=C4F)c4cccnc24)CN(Cc2ccc(F)cc2)C3=O)c2ccccc2)c1. The van der Waals surface area contributed by atoms with Crippen molar-refractivity contribution in [2.45, 2.75) is 32.5 Å². The third-order valence-electron chi connectivity index (χ3n) is 8.72. The fraction of sp³-hybridized carbons (Fsp3) is 0.125. The van der Waals surface area contributed by atoms with E-state index >= 15 is 0 Å². The van der Waals surface area contributed by atoms with Gasteiger partial charge in [-0.05, 0) is 41.8 Å². The summed E-state index contributed by atoms with van der Waals surface area (Å²) in [5.41, 5.74) is 2.39. The van der Waals surface area contributed by atoms with E-state index in [-0.39, 0.29) is 40.9 Å². The van der Waals surface area contributed by atoms with Gasteiger partial charge in [0.15, 0.2) is 11.6 Å². The van der Waals surface area contributed by atoms with Crippen molar-refractivity contribution >= 4 is 22.8 Å². The monoisotopic (exact) mass is 712 g/mol. The van der Waals surface area contributed by atoms with Gasteiger partial charge in [0.1, 0.15) is 29.1 Å². The number of hydrogen-bond donors (Lipinski definition) is 0. The van der Waals surface area contributed by atoms with Gasteiger partial charge in [0.2, 0.25) is 17.4 Å². The van der Waals surface area contributed by atoms with Gasteiger partial charge in [-0.2, -0.15) is 8.78 Å². The van der Waals surface area contributed by atoms with Crippen molar-refractivity contribution in [2.24, 2.45) is 0 Å². The maximum absolute atomic E-state index is 15.0. The Morgan fingerprint density at radius 2 is 1.54 bits per heavy atom. The molecule has 4 aromatic carbocycles. The lowest BCUT2D eigenvalue weighted by Crippen LogP contribution is -2.23. The molecule has 6 nitrogen and oxygen atoms in total. The fourth-order valence-corrected chi connectivity index (χ4v) is 6.29. The molecule has 52 heavy (non-hydrogen) atoms. The number of halogens is 6. The van der Waals surface area contributed by atoms with Crippen LogP contribution < -0.4 is 4.74 Å². The summed E-state index contributed by atoms with van der Waals surface area (Å²) in [7, 11) is 0. The number of hydrogen-bond acceptors (Lipinski definition) is 5. The average Bonchev–Trinajstić information content (AvgIpc) is 3.44. The van der Waals surface area contributed by atoms with E-state index in [2.05, 4.69) is 4.98 Å². The number of carbonyl (C=O) groups excluding carboxylic acids is 2. The molecule has 12 heteroatoms. The highest BCUT2D eigenvalue weighted by Crippen LogP contribution is 2.45. The van der Waals surface area contributed by atoms with E-state index in [4.69, 9.17) is 9.47 Å². The molecule has 1 amide bonds. The number of rotatable bonds is 8. The molecule has 2 aliphatic rings. The first kappa shape index (κ1) is 34.3. The molecule has 262 valence electrons. The van der Waals surface area contributed by atoms with Crippen LogP contribution in [0.2, 0.25) is 0 Å². The molecule has 0 radical (unpaired) electrons. The van der Waals surface area contributed by atoms with E-state index in [0.29, 0.717) is 11.1 Å². The Kier molecular flexibility index (Phi) is 9.14. The van der Waals surface area contributed by atoms with Gasteiger partial charge in [0.05, 0.1) is 17.5 Å². The van der Waals surface area contributed by atoms with Crippen LogP contribution in [0.1, 0.15) is 61.1 Å². The van der Waals surface area contributed by atoms with Crippen LogP contribution in [0.15, 0.2) is 132 Å². The lowest BCUT2D eigenvalue weighted by Gasteiger charge is -2.23. The minimum Gasteiger partial charge on any atom is -0.478 e. The van der Waals surface area contributed by atoms with Crippen LogP contribution in [0.5, 0.6) is 5.75 Å². The number of aromatic nitrogens is 1. The quantitative estimate of drug-likeness (QED) is 0.118. The van der Waals surface area contributed by atoms with E-state index in [1.54, 1.807) is 0 Å². The average molecular weight is 713 g/mol. The third-order valence-corrected chi connectivity index (χ3v) is 8.72. The normalized spacial score (nSPS) is 15.3. The number of fused-ring (bicyclic) bond motifs is 2. The van der Waals surface area contributed by atoms with Gasteiger partial charge in [-0.25, -0.2) is 22.4 Å². The van der Waals surface area contributed by atoms with Crippen molar-refractivity contribution in [3.8, 4) is 5.75 Å². The standard InChI is InChI=1S/C40H26F6N2O4/c1-21-7-5-10-24(17-21)36(23-8-3-2-4-9-23)51-37-31-27(20-48(39(31)49)19-22-12-14-25(41)15-13-22)30(26-11-6-16-47-35(26)37)40(50)52-38-33(45)29(43)18-28(42)32(44)34(38)46/h2-17,36H,18-20H2,1H3. The number of pyridine rings is 1. The Balaban J connectivity index is 1.42. The summed E-state index contributed by atoms with van der Waals surface area (Å²) >= 11 is 0. The van der Waals surface area contributed by atoms with Crippen LogP contribution in [-0.4, -0.2) is 21.8 Å². The van der Waals surface area contributed by atoms with Crippen LogP contribution in [0.25, 0.3) is 10.9 Å². The predicted molar refractivity (Wildman–Crippen MR) is 178 cm³/mol. The number of ether oxygens (including phenoxy) is 2. The second-order valence-electron chi connectivity index (χ2n) is 12.2. The molecule has 1 aromatic heterocycles. The lowest BCUT2D eigenvalue weighted by atomic mass is 9.95. The smallest absolute Gasteiger partial charge is 0.344 e. The molecule has 7 rings (SSSR count). The molecule has 0 N–H and O–H groups in total. The van der Waals surface area contributed by atoms with Crippen molar-refractivity contribution in [3.05, 3.63) is 177 Å². The molecule has 0 fully saturated rings. The Labute approximate surface area is 292 Å². The number of carbonyl (C=O) groups is 2. The van der Waals surface area contributed by atoms with Crippen molar-refractivity contribution < 1.29 is 45.4 Å². The van der Waals surface area contributed by atoms with Gasteiger partial charge >= 0.3 is 5.97 Å². The maximum atomic E-state index is 15.0. The third kappa shape index (κ3) is 6.32. The topological polar surface area (TPSA) is 68.7 Å². The lowest BCUT2D eigenvalue weighted by molar-refractivity contribution is 0.0610. The maximum Gasteiger partial charge on any atom is 0.344 e. The minimum atomic E-state index is -2.26. The second kappa shape index (κ2) is 13.9. The van der Waals surface area contributed by atoms with E-state index in [1.165, 1.54) is 47.5 Å².